The number of carbonyl (C=O) groups is 2. The van der Waals surface area contributed by atoms with Crippen LogP contribution in [0.15, 0.2) is 30.3 Å². The standard InChI is InChI=1S/C17H23NO3/c1-3-21-17(20)12-11-16(19)15-9-7-14(8-10-15)6-4-5-13-18-2/h4,6-10,18H,3,5,11-13H2,1-2H3. The first-order valence-corrected chi connectivity index (χ1v) is 7.27. The molecule has 0 aromatic heterocycles. The molecule has 1 N–H and O–H groups in total. The Labute approximate surface area is 126 Å². The van der Waals surface area contributed by atoms with Crippen LogP contribution in [0.4, 0.5) is 0 Å². The lowest BCUT2D eigenvalue weighted by Crippen LogP contribution is -2.07. The molecule has 1 aromatic carbocycles. The van der Waals surface area contributed by atoms with Crippen LogP contribution in [0.3, 0.4) is 0 Å². The van der Waals surface area contributed by atoms with Gasteiger partial charge in [0.1, 0.15) is 0 Å². The zero-order valence-corrected chi connectivity index (χ0v) is 12.7. The van der Waals surface area contributed by atoms with E-state index in [1.165, 1.54) is 0 Å². The first kappa shape index (κ1) is 17.1. The molecule has 0 atom stereocenters. The Balaban J connectivity index is 2.47. The number of hydrogen-bond acceptors (Lipinski definition) is 4. The number of ketones is 1. The molecule has 0 aliphatic rings. The summed E-state index contributed by atoms with van der Waals surface area (Å²) in [6, 6.07) is 7.41. The van der Waals surface area contributed by atoms with Crippen LogP contribution in [0.25, 0.3) is 6.08 Å². The Bertz CT molecular complexity index is 477. The highest BCUT2D eigenvalue weighted by Gasteiger charge is 2.09. The molecule has 4 heteroatoms. The molecule has 0 saturated heterocycles. The van der Waals surface area contributed by atoms with Gasteiger partial charge in [0.15, 0.2) is 5.78 Å². The van der Waals surface area contributed by atoms with Gasteiger partial charge in [-0.25, -0.2) is 0 Å². The Morgan fingerprint density at radius 1 is 1.19 bits per heavy atom. The van der Waals surface area contributed by atoms with Crippen LogP contribution in [0, 0.1) is 0 Å². The fourth-order valence-electron chi connectivity index (χ4n) is 1.82. The van der Waals surface area contributed by atoms with Gasteiger partial charge in [-0.05, 0) is 32.5 Å². The number of carbonyl (C=O) groups excluding carboxylic acids is 2. The summed E-state index contributed by atoms with van der Waals surface area (Å²) in [5.41, 5.74) is 1.69. The van der Waals surface area contributed by atoms with Crippen LogP contribution in [0.5, 0.6) is 0 Å². The Kier molecular flexibility index (Phi) is 8.05. The molecule has 1 rings (SSSR count). The molecule has 0 fully saturated rings. The van der Waals surface area contributed by atoms with E-state index in [9.17, 15) is 9.59 Å². The Morgan fingerprint density at radius 3 is 2.52 bits per heavy atom. The molecule has 0 bridgehead atoms. The smallest absolute Gasteiger partial charge is 0.306 e. The maximum atomic E-state index is 11.9. The second kappa shape index (κ2) is 9.88. The molecule has 0 spiro atoms. The largest absolute Gasteiger partial charge is 0.466 e. The second-order valence-corrected chi connectivity index (χ2v) is 4.64. The van der Waals surface area contributed by atoms with Crippen molar-refractivity contribution in [2.24, 2.45) is 0 Å². The summed E-state index contributed by atoms with van der Waals surface area (Å²) in [4.78, 5) is 23.1. The van der Waals surface area contributed by atoms with E-state index in [2.05, 4.69) is 11.4 Å². The van der Waals surface area contributed by atoms with Gasteiger partial charge in [-0.2, -0.15) is 0 Å². The number of nitrogens with one attached hydrogen (secondary N) is 1. The molecule has 0 aliphatic heterocycles. The molecule has 21 heavy (non-hydrogen) atoms. The van der Waals surface area contributed by atoms with E-state index in [1.54, 1.807) is 19.1 Å². The van der Waals surface area contributed by atoms with Crippen molar-refractivity contribution in [1.29, 1.82) is 0 Å². The molecular formula is C17H23NO3. The molecular weight excluding hydrogens is 266 g/mol. The van der Waals surface area contributed by atoms with Crippen molar-refractivity contribution in [3.63, 3.8) is 0 Å². The number of Topliss-reactive ketones (excluding diaryl/α,β-unsaturated/α-hetero) is 1. The van der Waals surface area contributed by atoms with Crippen molar-refractivity contribution < 1.29 is 14.3 Å². The van der Waals surface area contributed by atoms with Crippen molar-refractivity contribution in [3.8, 4) is 0 Å². The molecule has 0 unspecified atom stereocenters. The average molecular weight is 289 g/mol. The molecule has 0 radical (unpaired) electrons. The zero-order valence-electron chi connectivity index (χ0n) is 12.7. The summed E-state index contributed by atoms with van der Waals surface area (Å²) in [6.07, 6.45) is 5.42. The van der Waals surface area contributed by atoms with Crippen LogP contribution in [-0.2, 0) is 9.53 Å². The number of hydrogen-bond donors (Lipinski definition) is 1. The van der Waals surface area contributed by atoms with E-state index in [0.717, 1.165) is 18.5 Å². The van der Waals surface area contributed by atoms with Gasteiger partial charge in [-0.1, -0.05) is 36.4 Å². The van der Waals surface area contributed by atoms with Crippen LogP contribution >= 0.6 is 0 Å². The van der Waals surface area contributed by atoms with E-state index < -0.39 is 0 Å². The molecule has 0 saturated carbocycles. The first-order valence-electron chi connectivity index (χ1n) is 7.27. The van der Waals surface area contributed by atoms with Gasteiger partial charge in [0.2, 0.25) is 0 Å². The maximum Gasteiger partial charge on any atom is 0.306 e. The van der Waals surface area contributed by atoms with Crippen molar-refractivity contribution in [2.45, 2.75) is 26.2 Å². The van der Waals surface area contributed by atoms with Gasteiger partial charge < -0.3 is 10.1 Å². The van der Waals surface area contributed by atoms with Gasteiger partial charge in [-0.3, -0.25) is 9.59 Å². The van der Waals surface area contributed by atoms with Crippen molar-refractivity contribution in [2.75, 3.05) is 20.2 Å². The first-order chi connectivity index (χ1) is 10.2. The minimum atomic E-state index is -0.324. The Morgan fingerprint density at radius 2 is 1.90 bits per heavy atom. The predicted octanol–water partition coefficient (Wildman–Crippen LogP) is 2.84. The molecule has 114 valence electrons. The highest BCUT2D eigenvalue weighted by atomic mass is 16.5. The number of ether oxygens (including phenoxy) is 1. The number of rotatable bonds is 9. The molecule has 1 aromatic rings. The monoisotopic (exact) mass is 289 g/mol. The number of benzene rings is 1. The van der Waals surface area contributed by atoms with Crippen LogP contribution in [0.2, 0.25) is 0 Å². The van der Waals surface area contributed by atoms with E-state index >= 15 is 0 Å². The highest BCUT2D eigenvalue weighted by Crippen LogP contribution is 2.10. The lowest BCUT2D eigenvalue weighted by Gasteiger charge is -2.02. The van der Waals surface area contributed by atoms with E-state index in [0.29, 0.717) is 12.2 Å². The number of esters is 1. The average Bonchev–Trinajstić information content (AvgIpc) is 2.50. The maximum absolute atomic E-state index is 11.9. The fraction of sp³-hybridized carbons (Fsp3) is 0.412. The van der Waals surface area contributed by atoms with E-state index in [-0.39, 0.29) is 24.6 Å². The second-order valence-electron chi connectivity index (χ2n) is 4.64. The molecule has 0 heterocycles. The lowest BCUT2D eigenvalue weighted by molar-refractivity contribution is -0.143. The molecule has 4 nitrogen and oxygen atoms in total. The summed E-state index contributed by atoms with van der Waals surface area (Å²) in [7, 11) is 1.92. The SMILES string of the molecule is CCOC(=O)CCC(=O)c1ccc(C=CCCNC)cc1. The quantitative estimate of drug-likeness (QED) is 0.431. The topological polar surface area (TPSA) is 55.4 Å². The van der Waals surface area contributed by atoms with Crippen LogP contribution < -0.4 is 5.32 Å². The third kappa shape index (κ3) is 6.86. The van der Waals surface area contributed by atoms with Crippen molar-refractivity contribution >= 4 is 17.8 Å². The predicted molar refractivity (Wildman–Crippen MR) is 84.2 cm³/mol. The third-order valence-electron chi connectivity index (χ3n) is 2.97. The summed E-state index contributed by atoms with van der Waals surface area (Å²) in [5, 5.41) is 3.08. The normalized spacial score (nSPS) is 10.8. The zero-order chi connectivity index (χ0) is 15.5. The van der Waals surface area contributed by atoms with Gasteiger partial charge in [-0.15, -0.1) is 0 Å². The molecule has 0 aliphatic carbocycles. The minimum absolute atomic E-state index is 0.0336. The van der Waals surface area contributed by atoms with E-state index in [4.69, 9.17) is 4.74 Å². The summed E-state index contributed by atoms with van der Waals surface area (Å²) >= 11 is 0. The molecule has 0 amide bonds. The third-order valence-corrected chi connectivity index (χ3v) is 2.97. The van der Waals surface area contributed by atoms with Crippen molar-refractivity contribution in [1.82, 2.24) is 5.32 Å². The van der Waals surface area contributed by atoms with Crippen LogP contribution in [-0.4, -0.2) is 32.0 Å². The van der Waals surface area contributed by atoms with Gasteiger partial charge in [0.05, 0.1) is 13.0 Å². The van der Waals surface area contributed by atoms with Crippen LogP contribution in [0.1, 0.15) is 42.1 Å². The lowest BCUT2D eigenvalue weighted by atomic mass is 10.0. The van der Waals surface area contributed by atoms with Gasteiger partial charge in [0.25, 0.3) is 0 Å². The highest BCUT2D eigenvalue weighted by molar-refractivity contribution is 5.97. The summed E-state index contributed by atoms with van der Waals surface area (Å²) in [5.74, 6) is -0.358. The van der Waals surface area contributed by atoms with Crippen molar-refractivity contribution in [3.05, 3.63) is 41.5 Å². The summed E-state index contributed by atoms with van der Waals surface area (Å²) in [6.45, 7) is 3.05. The fourth-order valence-corrected chi connectivity index (χ4v) is 1.82. The Hall–Kier alpha value is -1.94. The summed E-state index contributed by atoms with van der Waals surface area (Å²) < 4.78 is 4.81. The minimum Gasteiger partial charge on any atom is -0.466 e. The van der Waals surface area contributed by atoms with Gasteiger partial charge >= 0.3 is 5.97 Å². The van der Waals surface area contributed by atoms with E-state index in [1.807, 2.05) is 25.3 Å². The van der Waals surface area contributed by atoms with Gasteiger partial charge in [0, 0.05) is 12.0 Å².